The first-order valence-electron chi connectivity index (χ1n) is 11.5. The molecule has 1 saturated carbocycles. The van der Waals surface area contributed by atoms with Gasteiger partial charge in [0.2, 0.25) is 0 Å². The molecule has 32 heavy (non-hydrogen) atoms. The van der Waals surface area contributed by atoms with Gasteiger partial charge in [-0.05, 0) is 61.3 Å². The number of Topliss-reactive ketones (excluding diaryl/α,β-unsaturated/α-hetero) is 2. The fourth-order valence-electron chi connectivity index (χ4n) is 5.03. The Labute approximate surface area is 187 Å². The highest BCUT2D eigenvalue weighted by atomic mass is 16.5. The average molecular weight is 436 g/mol. The molecule has 0 bridgehead atoms. The van der Waals surface area contributed by atoms with Crippen LogP contribution in [0.25, 0.3) is 21.7 Å². The molecule has 0 N–H and O–H groups in total. The molecule has 1 aliphatic carbocycles. The maximum atomic E-state index is 12.5. The van der Waals surface area contributed by atoms with E-state index in [1.165, 1.54) is 0 Å². The molecule has 1 saturated heterocycles. The topological polar surface area (TPSA) is 69.0 Å². The molecule has 2 aliphatic rings. The fourth-order valence-corrected chi connectivity index (χ4v) is 5.03. The van der Waals surface area contributed by atoms with Crippen molar-refractivity contribution in [1.29, 1.82) is 0 Å². The van der Waals surface area contributed by atoms with E-state index in [1.807, 2.05) is 30.3 Å². The lowest BCUT2D eigenvalue weighted by Gasteiger charge is -2.31. The van der Waals surface area contributed by atoms with Gasteiger partial charge in [-0.15, -0.1) is 0 Å². The van der Waals surface area contributed by atoms with Gasteiger partial charge in [0.05, 0.1) is 12.7 Å². The maximum Gasteiger partial charge on any atom is 0.147 e. The second kappa shape index (κ2) is 9.04. The third kappa shape index (κ3) is 4.17. The van der Waals surface area contributed by atoms with Crippen molar-refractivity contribution in [2.75, 3.05) is 33.4 Å². The lowest BCUT2D eigenvalue weighted by Crippen LogP contribution is -2.38. The van der Waals surface area contributed by atoms with E-state index in [-0.39, 0.29) is 23.9 Å². The summed E-state index contributed by atoms with van der Waals surface area (Å²) in [5, 5.41) is 3.07. The highest BCUT2D eigenvalue weighted by molar-refractivity contribution is 6.11. The predicted molar refractivity (Wildman–Crippen MR) is 122 cm³/mol. The van der Waals surface area contributed by atoms with Crippen molar-refractivity contribution in [2.45, 2.75) is 44.1 Å². The summed E-state index contributed by atoms with van der Waals surface area (Å²) in [6.07, 6.45) is 4.89. The minimum atomic E-state index is -0.267. The molecule has 0 spiro atoms. The van der Waals surface area contributed by atoms with Gasteiger partial charge < -0.3 is 13.9 Å². The van der Waals surface area contributed by atoms with E-state index in [1.54, 1.807) is 6.26 Å². The van der Waals surface area contributed by atoms with Crippen molar-refractivity contribution in [3.05, 3.63) is 42.2 Å². The number of fused-ring (bicyclic) bond motifs is 3. The molecule has 5 rings (SSSR count). The van der Waals surface area contributed by atoms with Crippen molar-refractivity contribution < 1.29 is 23.5 Å². The Morgan fingerprint density at radius 3 is 2.75 bits per heavy atom. The number of carbonyl (C=O) groups excluding carboxylic acids is 2. The van der Waals surface area contributed by atoms with Crippen LogP contribution >= 0.6 is 0 Å². The Hall–Kier alpha value is -2.70. The monoisotopic (exact) mass is 435 g/mol. The SMILES string of the molecule is CN(CCOc1ccc2c(ccc3occ([C@@H]4CCC(=O)CC4=O)c32)c1)C1CCOCC1. The van der Waals surface area contributed by atoms with Gasteiger partial charge in [-0.3, -0.25) is 14.5 Å². The summed E-state index contributed by atoms with van der Waals surface area (Å²) >= 11 is 0. The zero-order valence-electron chi connectivity index (χ0n) is 18.5. The quantitative estimate of drug-likeness (QED) is 0.532. The van der Waals surface area contributed by atoms with Gasteiger partial charge >= 0.3 is 0 Å². The molecule has 168 valence electrons. The van der Waals surface area contributed by atoms with Crippen molar-refractivity contribution in [2.24, 2.45) is 0 Å². The summed E-state index contributed by atoms with van der Waals surface area (Å²) in [7, 11) is 2.15. The van der Waals surface area contributed by atoms with Crippen LogP contribution in [-0.4, -0.2) is 55.9 Å². The Bertz CT molecular complexity index is 1140. The molecule has 6 nitrogen and oxygen atoms in total. The first-order chi connectivity index (χ1) is 15.6. The minimum absolute atomic E-state index is 0.00504. The van der Waals surface area contributed by atoms with Crippen LogP contribution in [0.2, 0.25) is 0 Å². The van der Waals surface area contributed by atoms with E-state index in [9.17, 15) is 9.59 Å². The molecule has 1 aliphatic heterocycles. The second-order valence-electron chi connectivity index (χ2n) is 8.96. The lowest BCUT2D eigenvalue weighted by atomic mass is 9.81. The molecule has 0 amide bonds. The van der Waals surface area contributed by atoms with Gasteiger partial charge in [0.15, 0.2) is 0 Å². The van der Waals surface area contributed by atoms with E-state index < -0.39 is 0 Å². The highest BCUT2D eigenvalue weighted by Crippen LogP contribution is 2.39. The van der Waals surface area contributed by atoms with Crippen LogP contribution in [0.15, 0.2) is 41.0 Å². The van der Waals surface area contributed by atoms with Crippen molar-refractivity contribution >= 4 is 33.3 Å². The molecule has 6 heteroatoms. The molecule has 0 unspecified atom stereocenters. The maximum absolute atomic E-state index is 12.5. The van der Waals surface area contributed by atoms with E-state index in [0.717, 1.165) is 65.7 Å². The molecule has 2 fully saturated rings. The number of benzene rings is 2. The highest BCUT2D eigenvalue weighted by Gasteiger charge is 2.31. The van der Waals surface area contributed by atoms with E-state index in [0.29, 0.717) is 25.5 Å². The zero-order valence-corrected chi connectivity index (χ0v) is 18.5. The van der Waals surface area contributed by atoms with Crippen LogP contribution in [0.1, 0.15) is 43.6 Å². The van der Waals surface area contributed by atoms with Crippen LogP contribution < -0.4 is 4.74 Å². The molecule has 0 radical (unpaired) electrons. The summed E-state index contributed by atoms with van der Waals surface area (Å²) in [5.41, 5.74) is 1.67. The van der Waals surface area contributed by atoms with Gasteiger partial charge in [0.25, 0.3) is 0 Å². The van der Waals surface area contributed by atoms with Crippen LogP contribution in [0.3, 0.4) is 0 Å². The number of nitrogens with zero attached hydrogens (tertiary/aromatic N) is 1. The first-order valence-corrected chi connectivity index (χ1v) is 11.5. The van der Waals surface area contributed by atoms with Crippen LogP contribution in [0.4, 0.5) is 0 Å². The third-order valence-corrected chi connectivity index (χ3v) is 6.93. The third-order valence-electron chi connectivity index (χ3n) is 6.93. The molecular formula is C26H29NO5. The largest absolute Gasteiger partial charge is 0.492 e. The number of ether oxygens (including phenoxy) is 2. The molecule has 2 aromatic carbocycles. The van der Waals surface area contributed by atoms with Crippen molar-refractivity contribution in [3.63, 3.8) is 0 Å². The van der Waals surface area contributed by atoms with E-state index in [4.69, 9.17) is 13.9 Å². The van der Waals surface area contributed by atoms with E-state index >= 15 is 0 Å². The number of hydrogen-bond donors (Lipinski definition) is 0. The summed E-state index contributed by atoms with van der Waals surface area (Å²) < 4.78 is 17.3. The molecular weight excluding hydrogens is 406 g/mol. The van der Waals surface area contributed by atoms with Gasteiger partial charge in [-0.25, -0.2) is 0 Å². The summed E-state index contributed by atoms with van der Waals surface area (Å²) in [4.78, 5) is 26.5. The second-order valence-corrected chi connectivity index (χ2v) is 8.96. The average Bonchev–Trinajstić information content (AvgIpc) is 3.24. The standard InChI is InChI=1S/C26H29NO5/c1-27(18-8-11-30-12-9-18)10-13-31-20-4-6-21-17(14-20)2-7-25-26(21)23(16-32-25)22-5-3-19(28)15-24(22)29/h2,4,6-7,14,16,18,22H,3,5,8-13,15H2,1H3/t22-/m0/s1. The molecule has 2 heterocycles. The summed E-state index contributed by atoms with van der Waals surface area (Å²) in [5.74, 6) is 0.598. The molecule has 3 aromatic rings. The minimum Gasteiger partial charge on any atom is -0.492 e. The number of furan rings is 1. The molecule has 1 atom stereocenters. The van der Waals surface area contributed by atoms with Crippen LogP contribution in [-0.2, 0) is 14.3 Å². The number of likely N-dealkylation sites (N-methyl/N-ethyl adjacent to an activating group) is 1. The number of rotatable bonds is 6. The van der Waals surface area contributed by atoms with Gasteiger partial charge in [0.1, 0.15) is 29.5 Å². The summed E-state index contributed by atoms with van der Waals surface area (Å²) in [6.45, 7) is 3.18. The Morgan fingerprint density at radius 2 is 1.94 bits per heavy atom. The number of hydrogen-bond acceptors (Lipinski definition) is 6. The van der Waals surface area contributed by atoms with Crippen molar-refractivity contribution in [1.82, 2.24) is 4.90 Å². The number of ketones is 2. The smallest absolute Gasteiger partial charge is 0.147 e. The fraction of sp³-hybridized carbons (Fsp3) is 0.462. The Balaban J connectivity index is 1.34. The molecule has 1 aromatic heterocycles. The van der Waals surface area contributed by atoms with Crippen molar-refractivity contribution in [3.8, 4) is 5.75 Å². The normalized spacial score (nSPS) is 20.5. The van der Waals surface area contributed by atoms with Gasteiger partial charge in [-0.1, -0.05) is 6.07 Å². The Kier molecular flexibility index (Phi) is 5.98. The van der Waals surface area contributed by atoms with Gasteiger partial charge in [-0.2, -0.15) is 0 Å². The van der Waals surface area contributed by atoms with Crippen LogP contribution in [0.5, 0.6) is 5.75 Å². The lowest BCUT2D eigenvalue weighted by molar-refractivity contribution is -0.130. The van der Waals surface area contributed by atoms with E-state index in [2.05, 4.69) is 11.9 Å². The number of carbonyl (C=O) groups is 2. The van der Waals surface area contributed by atoms with Crippen LogP contribution in [0, 0.1) is 0 Å². The van der Waals surface area contributed by atoms with Gasteiger partial charge in [0, 0.05) is 49.1 Å². The zero-order chi connectivity index (χ0) is 22.1. The Morgan fingerprint density at radius 1 is 1.09 bits per heavy atom. The predicted octanol–water partition coefficient (Wildman–Crippen LogP) is 4.48. The summed E-state index contributed by atoms with van der Waals surface area (Å²) in [6, 6.07) is 10.6. The first kappa shape index (κ1) is 21.2.